The summed E-state index contributed by atoms with van der Waals surface area (Å²) in [5, 5.41) is 25.9. The zero-order valence-corrected chi connectivity index (χ0v) is 15.0. The van der Waals surface area contributed by atoms with Crippen LogP contribution < -0.4 is 5.14 Å². The van der Waals surface area contributed by atoms with Gasteiger partial charge >= 0.3 is 10.3 Å². The fourth-order valence-corrected chi connectivity index (χ4v) is 4.18. The number of nitrogens with two attached hydrogens (primary N) is 1. The van der Waals surface area contributed by atoms with Crippen molar-refractivity contribution in [1.82, 2.24) is 19.5 Å². The van der Waals surface area contributed by atoms with Crippen LogP contribution in [0.3, 0.4) is 0 Å². The Morgan fingerprint density at radius 3 is 2.61 bits per heavy atom. The van der Waals surface area contributed by atoms with Crippen LogP contribution in [0.2, 0.25) is 0 Å². The number of fused-ring (bicyclic) bond motifs is 2. The van der Waals surface area contributed by atoms with Gasteiger partial charge in [0.05, 0.1) is 6.33 Å². The van der Waals surface area contributed by atoms with Gasteiger partial charge in [0, 0.05) is 5.56 Å². The molecule has 3 aromatic rings. The van der Waals surface area contributed by atoms with E-state index in [0.717, 1.165) is 5.56 Å². The Bertz CT molecular complexity index is 1170. The molecule has 5 rings (SSSR count). The highest BCUT2D eigenvalue weighted by atomic mass is 32.2. The van der Waals surface area contributed by atoms with Crippen molar-refractivity contribution in [1.29, 1.82) is 0 Å². The molecule has 2 fully saturated rings. The second kappa shape index (κ2) is 5.76. The first-order valence-electron chi connectivity index (χ1n) is 8.30. The average Bonchev–Trinajstić information content (AvgIpc) is 2.97. The molecule has 12 heteroatoms. The molecule has 4 N–H and O–H groups in total. The monoisotopic (exact) mass is 405 g/mol. The van der Waals surface area contributed by atoms with E-state index >= 15 is 0 Å². The summed E-state index contributed by atoms with van der Waals surface area (Å²) in [7, 11) is -4.30. The molecule has 0 bridgehead atoms. The van der Waals surface area contributed by atoms with Gasteiger partial charge in [-0.1, -0.05) is 30.3 Å². The first kappa shape index (κ1) is 17.6. The lowest BCUT2D eigenvalue weighted by Gasteiger charge is -2.23. The van der Waals surface area contributed by atoms with Crippen LogP contribution in [0.1, 0.15) is 6.23 Å². The van der Waals surface area contributed by atoms with Crippen molar-refractivity contribution in [3.8, 4) is 11.3 Å². The SMILES string of the molecule is NS(=O)(=O)OC1[C@H]2O[C@@H](n3cnc4c(-c5ccccc5)ncnc43)[C@H](O)[C@@]12O. The predicted octanol–water partition coefficient (Wildman–Crippen LogP) is -0.915. The average molecular weight is 405 g/mol. The molecule has 1 unspecified atom stereocenters. The third kappa shape index (κ3) is 2.47. The highest BCUT2D eigenvalue weighted by molar-refractivity contribution is 7.84. The minimum absolute atomic E-state index is 0.395. The topological polar surface area (TPSA) is 163 Å². The zero-order valence-electron chi connectivity index (χ0n) is 14.2. The number of aliphatic hydroxyl groups is 2. The number of aromatic nitrogens is 4. The van der Waals surface area contributed by atoms with E-state index in [-0.39, 0.29) is 0 Å². The number of benzene rings is 1. The van der Waals surface area contributed by atoms with Gasteiger partial charge < -0.3 is 14.9 Å². The molecule has 3 heterocycles. The minimum Gasteiger partial charge on any atom is -0.385 e. The van der Waals surface area contributed by atoms with Crippen molar-refractivity contribution in [3.05, 3.63) is 43.0 Å². The maximum atomic E-state index is 11.1. The minimum atomic E-state index is -4.30. The van der Waals surface area contributed by atoms with Crippen molar-refractivity contribution in [2.75, 3.05) is 0 Å². The molecule has 28 heavy (non-hydrogen) atoms. The van der Waals surface area contributed by atoms with Crippen molar-refractivity contribution < 1.29 is 27.6 Å². The fourth-order valence-electron chi connectivity index (χ4n) is 3.64. The first-order chi connectivity index (χ1) is 13.3. The highest BCUT2D eigenvalue weighted by Gasteiger charge is 2.79. The maximum Gasteiger partial charge on any atom is 0.333 e. The van der Waals surface area contributed by atoms with Crippen LogP contribution in [0.4, 0.5) is 0 Å². The van der Waals surface area contributed by atoms with Crippen LogP contribution in [0, 0.1) is 0 Å². The maximum absolute atomic E-state index is 11.1. The van der Waals surface area contributed by atoms with E-state index in [0.29, 0.717) is 16.9 Å². The van der Waals surface area contributed by atoms with E-state index in [1.165, 1.54) is 17.2 Å². The summed E-state index contributed by atoms with van der Waals surface area (Å²) in [6, 6.07) is 9.40. The van der Waals surface area contributed by atoms with Crippen LogP contribution >= 0.6 is 0 Å². The Morgan fingerprint density at radius 1 is 1.21 bits per heavy atom. The molecule has 5 atom stereocenters. The van der Waals surface area contributed by atoms with E-state index < -0.39 is 40.4 Å². The van der Waals surface area contributed by atoms with Crippen LogP contribution in [-0.2, 0) is 19.2 Å². The number of aliphatic hydroxyl groups excluding tert-OH is 1. The van der Waals surface area contributed by atoms with Gasteiger partial charge in [-0.25, -0.2) is 24.3 Å². The van der Waals surface area contributed by atoms with E-state index in [9.17, 15) is 18.6 Å². The normalized spacial score (nSPS) is 31.8. The molecule has 1 aliphatic carbocycles. The van der Waals surface area contributed by atoms with Gasteiger partial charge in [0.1, 0.15) is 35.8 Å². The molecular formula is C16H15N5O6S. The third-order valence-corrected chi connectivity index (χ3v) is 5.50. The van der Waals surface area contributed by atoms with E-state index in [2.05, 4.69) is 19.1 Å². The molecule has 2 aromatic heterocycles. The molecule has 1 aliphatic heterocycles. The van der Waals surface area contributed by atoms with Gasteiger partial charge in [-0.05, 0) is 0 Å². The van der Waals surface area contributed by atoms with Crippen LogP contribution in [0.15, 0.2) is 43.0 Å². The molecule has 2 aliphatic rings. The molecular weight excluding hydrogens is 390 g/mol. The Labute approximate surface area is 158 Å². The van der Waals surface area contributed by atoms with Crippen molar-refractivity contribution in [3.63, 3.8) is 0 Å². The highest BCUT2D eigenvalue weighted by Crippen LogP contribution is 2.55. The molecule has 146 valence electrons. The Morgan fingerprint density at radius 2 is 1.96 bits per heavy atom. The standard InChI is InChI=1S/C16H15N5O6S/c17-28(24,25)27-13-12-16(13,23)11(22)15(26-12)21-7-20-10-9(18-6-19-14(10)21)8-4-2-1-3-5-8/h1-7,11-13,15,22-23H,(H2,17,24,25)/t11-,12+,13?,15+,16-/m0/s1. The number of ether oxygens (including phenoxy) is 1. The predicted molar refractivity (Wildman–Crippen MR) is 93.6 cm³/mol. The van der Waals surface area contributed by atoms with Crippen LogP contribution in [-0.4, -0.2) is 62.1 Å². The van der Waals surface area contributed by atoms with Crippen molar-refractivity contribution in [2.45, 2.75) is 30.1 Å². The summed E-state index contributed by atoms with van der Waals surface area (Å²) in [4.78, 5) is 12.8. The number of hydrogen-bond acceptors (Lipinski definition) is 9. The molecule has 0 radical (unpaired) electrons. The lowest BCUT2D eigenvalue weighted by Crippen LogP contribution is -2.38. The molecule has 0 amide bonds. The van der Waals surface area contributed by atoms with E-state index in [1.807, 2.05) is 30.3 Å². The summed E-state index contributed by atoms with van der Waals surface area (Å²) in [6.45, 7) is 0. The molecule has 1 aromatic carbocycles. The first-order valence-corrected chi connectivity index (χ1v) is 9.77. The van der Waals surface area contributed by atoms with Gasteiger partial charge in [0.25, 0.3) is 0 Å². The van der Waals surface area contributed by atoms with Gasteiger partial charge in [0.2, 0.25) is 0 Å². The number of imidazole rings is 1. The Kier molecular flexibility index (Phi) is 3.62. The summed E-state index contributed by atoms with van der Waals surface area (Å²) in [5.41, 5.74) is 0.455. The van der Waals surface area contributed by atoms with Gasteiger partial charge in [-0.3, -0.25) is 4.57 Å². The van der Waals surface area contributed by atoms with E-state index in [4.69, 9.17) is 9.88 Å². The number of hydrogen-bond donors (Lipinski definition) is 3. The lowest BCUT2D eigenvalue weighted by molar-refractivity contribution is -0.0888. The molecule has 1 saturated carbocycles. The Balaban J connectivity index is 1.49. The molecule has 11 nitrogen and oxygen atoms in total. The second-order valence-electron chi connectivity index (χ2n) is 6.70. The second-order valence-corrected chi connectivity index (χ2v) is 7.88. The van der Waals surface area contributed by atoms with Gasteiger partial charge in [-0.15, -0.1) is 0 Å². The van der Waals surface area contributed by atoms with Gasteiger partial charge in [0.15, 0.2) is 17.5 Å². The lowest BCUT2D eigenvalue weighted by atomic mass is 10.1. The fraction of sp³-hybridized carbons (Fsp3) is 0.312. The largest absolute Gasteiger partial charge is 0.385 e. The summed E-state index contributed by atoms with van der Waals surface area (Å²) in [5.74, 6) is 0. The summed E-state index contributed by atoms with van der Waals surface area (Å²) < 4.78 is 33.9. The summed E-state index contributed by atoms with van der Waals surface area (Å²) in [6.07, 6.45) is -2.03. The van der Waals surface area contributed by atoms with Crippen molar-refractivity contribution in [2.24, 2.45) is 5.14 Å². The van der Waals surface area contributed by atoms with Crippen molar-refractivity contribution >= 4 is 21.5 Å². The molecule has 0 spiro atoms. The number of nitrogens with zero attached hydrogens (tertiary/aromatic N) is 4. The smallest absolute Gasteiger partial charge is 0.333 e. The van der Waals surface area contributed by atoms with E-state index in [1.54, 1.807) is 0 Å². The zero-order chi connectivity index (χ0) is 19.7. The molecule has 1 saturated heterocycles. The van der Waals surface area contributed by atoms with Crippen LogP contribution in [0.25, 0.3) is 22.4 Å². The van der Waals surface area contributed by atoms with Crippen LogP contribution in [0.5, 0.6) is 0 Å². The van der Waals surface area contributed by atoms with Gasteiger partial charge in [-0.2, -0.15) is 8.42 Å². The summed E-state index contributed by atoms with van der Waals surface area (Å²) >= 11 is 0. The third-order valence-electron chi connectivity index (χ3n) is 5.03. The Hall–Kier alpha value is -2.48. The number of rotatable bonds is 4. The quantitative estimate of drug-likeness (QED) is 0.498.